The molecular formula is C23H31N3O. The van der Waals surface area contributed by atoms with Gasteiger partial charge in [0, 0.05) is 51.0 Å². The summed E-state index contributed by atoms with van der Waals surface area (Å²) in [5.41, 5.74) is 4.27. The third-order valence-corrected chi connectivity index (χ3v) is 5.12. The van der Waals surface area contributed by atoms with Gasteiger partial charge in [-0.25, -0.2) is 0 Å². The van der Waals surface area contributed by atoms with Crippen LogP contribution in [0.3, 0.4) is 0 Å². The van der Waals surface area contributed by atoms with E-state index >= 15 is 0 Å². The van der Waals surface area contributed by atoms with Gasteiger partial charge >= 0.3 is 0 Å². The molecule has 0 spiro atoms. The first-order chi connectivity index (χ1) is 12.8. The largest absolute Gasteiger partial charge is 0.369 e. The van der Waals surface area contributed by atoms with E-state index in [-0.39, 0.29) is 11.3 Å². The molecule has 2 aromatic rings. The zero-order valence-corrected chi connectivity index (χ0v) is 17.0. The molecule has 1 saturated heterocycles. The molecule has 4 nitrogen and oxygen atoms in total. The minimum absolute atomic E-state index is 0.00290. The van der Waals surface area contributed by atoms with Crippen molar-refractivity contribution in [2.75, 3.05) is 38.1 Å². The van der Waals surface area contributed by atoms with Crippen LogP contribution in [0.15, 0.2) is 48.5 Å². The zero-order valence-electron chi connectivity index (χ0n) is 17.0. The van der Waals surface area contributed by atoms with Crippen molar-refractivity contribution in [2.24, 2.45) is 0 Å². The number of carbonyl (C=O) groups is 1. The molecule has 1 heterocycles. The molecular weight excluding hydrogens is 334 g/mol. The molecule has 144 valence electrons. The zero-order chi connectivity index (χ0) is 19.4. The number of hydrogen-bond acceptors (Lipinski definition) is 3. The van der Waals surface area contributed by atoms with Crippen molar-refractivity contribution in [3.8, 4) is 0 Å². The molecule has 0 unspecified atom stereocenters. The smallest absolute Gasteiger partial charge is 0.253 e. The number of rotatable bonds is 4. The van der Waals surface area contributed by atoms with Gasteiger partial charge < -0.3 is 15.1 Å². The van der Waals surface area contributed by atoms with Gasteiger partial charge in [-0.2, -0.15) is 0 Å². The lowest BCUT2D eigenvalue weighted by atomic mass is 9.85. The maximum atomic E-state index is 13.2. The molecule has 1 aliphatic rings. The summed E-state index contributed by atoms with van der Waals surface area (Å²) in [7, 11) is 1.88. The summed E-state index contributed by atoms with van der Waals surface area (Å²) in [6.45, 7) is 11.1. The van der Waals surface area contributed by atoms with E-state index in [4.69, 9.17) is 0 Å². The van der Waals surface area contributed by atoms with Crippen molar-refractivity contribution in [2.45, 2.75) is 32.7 Å². The Labute approximate surface area is 163 Å². The maximum Gasteiger partial charge on any atom is 0.253 e. The molecule has 1 aliphatic heterocycles. The standard InChI is InChI=1S/C23H31N3O/c1-23(2,3)20-14-19(15-21(16-20)26-12-10-24-11-13-26)22(27)25(4)17-18-8-6-5-7-9-18/h5-9,14-16,24H,10-13,17H2,1-4H3. The molecule has 0 radical (unpaired) electrons. The van der Waals surface area contributed by atoms with E-state index in [1.807, 2.05) is 25.2 Å². The molecule has 4 heteroatoms. The van der Waals surface area contributed by atoms with Crippen LogP contribution in [0.4, 0.5) is 5.69 Å². The highest BCUT2D eigenvalue weighted by Gasteiger charge is 2.21. The van der Waals surface area contributed by atoms with E-state index in [1.54, 1.807) is 4.90 Å². The van der Waals surface area contributed by atoms with E-state index in [2.05, 4.69) is 61.3 Å². The van der Waals surface area contributed by atoms with Crippen LogP contribution in [0.5, 0.6) is 0 Å². The van der Waals surface area contributed by atoms with Crippen LogP contribution in [-0.4, -0.2) is 44.0 Å². The van der Waals surface area contributed by atoms with Gasteiger partial charge in [-0.1, -0.05) is 51.1 Å². The van der Waals surface area contributed by atoms with Crippen LogP contribution in [-0.2, 0) is 12.0 Å². The summed E-state index contributed by atoms with van der Waals surface area (Å²) in [6, 6.07) is 16.5. The normalized spacial score (nSPS) is 14.9. The Hall–Kier alpha value is -2.33. The van der Waals surface area contributed by atoms with Crippen molar-refractivity contribution in [3.63, 3.8) is 0 Å². The Kier molecular flexibility index (Phi) is 5.85. The van der Waals surface area contributed by atoms with E-state index in [0.29, 0.717) is 6.54 Å². The quantitative estimate of drug-likeness (QED) is 0.898. The van der Waals surface area contributed by atoms with Crippen LogP contribution in [0.2, 0.25) is 0 Å². The molecule has 3 rings (SSSR count). The van der Waals surface area contributed by atoms with Gasteiger partial charge in [0.1, 0.15) is 0 Å². The van der Waals surface area contributed by atoms with Gasteiger partial charge in [-0.3, -0.25) is 4.79 Å². The van der Waals surface area contributed by atoms with Crippen molar-refractivity contribution in [3.05, 3.63) is 65.2 Å². The Morgan fingerprint density at radius 3 is 2.37 bits per heavy atom. The second-order valence-corrected chi connectivity index (χ2v) is 8.40. The SMILES string of the molecule is CN(Cc1ccccc1)C(=O)c1cc(N2CCNCC2)cc(C(C)(C)C)c1. The molecule has 0 aromatic heterocycles. The first-order valence-corrected chi connectivity index (χ1v) is 9.75. The minimum Gasteiger partial charge on any atom is -0.369 e. The molecule has 0 saturated carbocycles. The highest BCUT2D eigenvalue weighted by Crippen LogP contribution is 2.29. The maximum absolute atomic E-state index is 13.2. The summed E-state index contributed by atoms with van der Waals surface area (Å²) in [5.74, 6) is 0.0707. The van der Waals surface area contributed by atoms with E-state index < -0.39 is 0 Å². The van der Waals surface area contributed by atoms with Crippen molar-refractivity contribution in [1.29, 1.82) is 0 Å². The number of amides is 1. The molecule has 0 aliphatic carbocycles. The summed E-state index contributed by atoms with van der Waals surface area (Å²) in [6.07, 6.45) is 0. The Morgan fingerprint density at radius 2 is 1.74 bits per heavy atom. The lowest BCUT2D eigenvalue weighted by molar-refractivity contribution is 0.0785. The monoisotopic (exact) mass is 365 g/mol. The lowest BCUT2D eigenvalue weighted by Crippen LogP contribution is -2.43. The molecule has 1 N–H and O–H groups in total. The van der Waals surface area contributed by atoms with Crippen molar-refractivity contribution >= 4 is 11.6 Å². The molecule has 2 aromatic carbocycles. The lowest BCUT2D eigenvalue weighted by Gasteiger charge is -2.32. The molecule has 1 fully saturated rings. The average molecular weight is 366 g/mol. The highest BCUT2D eigenvalue weighted by atomic mass is 16.2. The van der Waals surface area contributed by atoms with Gasteiger partial charge in [-0.15, -0.1) is 0 Å². The molecule has 27 heavy (non-hydrogen) atoms. The van der Waals surface area contributed by atoms with Gasteiger partial charge in [0.05, 0.1) is 0 Å². The van der Waals surface area contributed by atoms with Gasteiger partial charge in [0.2, 0.25) is 0 Å². The minimum atomic E-state index is -0.00290. The highest BCUT2D eigenvalue weighted by molar-refractivity contribution is 5.95. The van der Waals surface area contributed by atoms with Crippen molar-refractivity contribution < 1.29 is 4.79 Å². The van der Waals surface area contributed by atoms with E-state index in [1.165, 1.54) is 5.56 Å². The first kappa shape index (κ1) is 19.4. The fraction of sp³-hybridized carbons (Fsp3) is 0.435. The number of anilines is 1. The molecule has 1 amide bonds. The topological polar surface area (TPSA) is 35.6 Å². The van der Waals surface area contributed by atoms with Gasteiger partial charge in [0.15, 0.2) is 0 Å². The predicted octanol–water partition coefficient (Wildman–Crippen LogP) is 3.67. The summed E-state index contributed by atoms with van der Waals surface area (Å²) >= 11 is 0. The van der Waals surface area contributed by atoms with Crippen LogP contribution in [0.1, 0.15) is 42.3 Å². The second kappa shape index (κ2) is 8.13. The van der Waals surface area contributed by atoms with Crippen LogP contribution in [0, 0.1) is 0 Å². The second-order valence-electron chi connectivity index (χ2n) is 8.40. The summed E-state index contributed by atoms with van der Waals surface area (Å²) in [5, 5.41) is 3.40. The molecule has 0 bridgehead atoms. The fourth-order valence-corrected chi connectivity index (χ4v) is 3.42. The fourth-order valence-electron chi connectivity index (χ4n) is 3.42. The number of hydrogen-bond donors (Lipinski definition) is 1. The number of benzene rings is 2. The third-order valence-electron chi connectivity index (χ3n) is 5.12. The Balaban J connectivity index is 1.89. The number of carbonyl (C=O) groups excluding carboxylic acids is 1. The Bertz CT molecular complexity index is 774. The van der Waals surface area contributed by atoms with Crippen LogP contribution in [0.25, 0.3) is 0 Å². The number of nitrogens with zero attached hydrogens (tertiary/aromatic N) is 2. The third kappa shape index (κ3) is 4.89. The van der Waals surface area contributed by atoms with Crippen LogP contribution < -0.4 is 10.2 Å². The first-order valence-electron chi connectivity index (χ1n) is 9.75. The molecule has 0 atom stereocenters. The number of nitrogens with one attached hydrogen (secondary N) is 1. The van der Waals surface area contributed by atoms with Crippen LogP contribution >= 0.6 is 0 Å². The van der Waals surface area contributed by atoms with Gasteiger partial charge in [0.25, 0.3) is 5.91 Å². The predicted molar refractivity (Wildman–Crippen MR) is 112 cm³/mol. The Morgan fingerprint density at radius 1 is 1.07 bits per heavy atom. The van der Waals surface area contributed by atoms with Gasteiger partial charge in [-0.05, 0) is 34.7 Å². The number of piperazine rings is 1. The average Bonchev–Trinajstić information content (AvgIpc) is 2.68. The van der Waals surface area contributed by atoms with E-state index in [0.717, 1.165) is 43.0 Å². The van der Waals surface area contributed by atoms with E-state index in [9.17, 15) is 4.79 Å². The summed E-state index contributed by atoms with van der Waals surface area (Å²) in [4.78, 5) is 17.3. The summed E-state index contributed by atoms with van der Waals surface area (Å²) < 4.78 is 0. The van der Waals surface area contributed by atoms with Crippen molar-refractivity contribution in [1.82, 2.24) is 10.2 Å².